The molecule has 0 unspecified atom stereocenters. The molecule has 0 aliphatic heterocycles. The van der Waals surface area contributed by atoms with E-state index in [-0.39, 0.29) is 16.5 Å². The summed E-state index contributed by atoms with van der Waals surface area (Å²) >= 11 is 6.53. The lowest BCUT2D eigenvalue weighted by atomic mass is 10.2. The van der Waals surface area contributed by atoms with Gasteiger partial charge in [0.1, 0.15) is 16.5 Å². The molecule has 0 spiro atoms. The van der Waals surface area contributed by atoms with Gasteiger partial charge in [0.25, 0.3) is 0 Å². The smallest absolute Gasteiger partial charge is 0.224 e. The lowest BCUT2D eigenvalue weighted by Gasteiger charge is -2.07. The number of hydrogen-bond acceptors (Lipinski definition) is 6. The SMILES string of the molecule is CSc1n[nH]c(NC(=S)c2ccc(O)cc2O)n1. The lowest BCUT2D eigenvalue weighted by molar-refractivity contribution is 0.450. The minimum atomic E-state index is -0.0999. The average molecular weight is 282 g/mol. The highest BCUT2D eigenvalue weighted by molar-refractivity contribution is 7.98. The summed E-state index contributed by atoms with van der Waals surface area (Å²) in [7, 11) is 0. The molecule has 8 heteroatoms. The predicted molar refractivity (Wildman–Crippen MR) is 73.3 cm³/mol. The molecule has 94 valence electrons. The Balaban J connectivity index is 2.16. The number of thioether (sulfide) groups is 1. The molecule has 18 heavy (non-hydrogen) atoms. The zero-order valence-corrected chi connectivity index (χ0v) is 11.0. The molecule has 0 bridgehead atoms. The van der Waals surface area contributed by atoms with Crippen molar-refractivity contribution >= 4 is 34.9 Å². The van der Waals surface area contributed by atoms with Crippen molar-refractivity contribution in [1.82, 2.24) is 15.2 Å². The number of phenolic OH excluding ortho intramolecular Hbond substituents is 2. The minimum Gasteiger partial charge on any atom is -0.508 e. The Bertz CT molecular complexity index is 585. The number of anilines is 1. The number of nitrogens with one attached hydrogen (secondary N) is 2. The van der Waals surface area contributed by atoms with E-state index in [1.807, 2.05) is 6.26 Å². The largest absolute Gasteiger partial charge is 0.508 e. The lowest BCUT2D eigenvalue weighted by Crippen LogP contribution is -2.11. The van der Waals surface area contributed by atoms with Crippen molar-refractivity contribution in [1.29, 1.82) is 0 Å². The first-order valence-electron chi connectivity index (χ1n) is 4.90. The van der Waals surface area contributed by atoms with Crippen LogP contribution in [0.25, 0.3) is 0 Å². The molecule has 6 nitrogen and oxygen atoms in total. The van der Waals surface area contributed by atoms with Gasteiger partial charge in [-0.3, -0.25) is 0 Å². The summed E-state index contributed by atoms with van der Waals surface area (Å²) in [4.78, 5) is 4.40. The normalized spacial score (nSPS) is 10.3. The van der Waals surface area contributed by atoms with Crippen LogP contribution in [-0.4, -0.2) is 36.6 Å². The van der Waals surface area contributed by atoms with E-state index in [4.69, 9.17) is 12.2 Å². The van der Waals surface area contributed by atoms with Gasteiger partial charge in [-0.2, -0.15) is 4.98 Å². The van der Waals surface area contributed by atoms with Crippen molar-refractivity contribution in [3.8, 4) is 11.5 Å². The standard InChI is InChI=1S/C10H10N4O2S2/c1-18-10-12-9(13-14-10)11-8(17)6-3-2-5(15)4-7(6)16/h2-4,15-16H,1H3,(H2,11,12,13,14,17). The second-order valence-electron chi connectivity index (χ2n) is 3.33. The maximum absolute atomic E-state index is 9.65. The summed E-state index contributed by atoms with van der Waals surface area (Å²) < 4.78 is 0. The summed E-state index contributed by atoms with van der Waals surface area (Å²) in [6.07, 6.45) is 1.86. The third-order valence-corrected chi connectivity index (χ3v) is 2.98. The van der Waals surface area contributed by atoms with Gasteiger partial charge in [-0.05, 0) is 18.4 Å². The third-order valence-electron chi connectivity index (χ3n) is 2.11. The molecule has 2 rings (SSSR count). The molecule has 1 aromatic carbocycles. The molecule has 0 saturated carbocycles. The van der Waals surface area contributed by atoms with Gasteiger partial charge < -0.3 is 15.5 Å². The maximum atomic E-state index is 9.65. The molecule has 0 fully saturated rings. The van der Waals surface area contributed by atoms with Crippen LogP contribution in [-0.2, 0) is 0 Å². The summed E-state index contributed by atoms with van der Waals surface area (Å²) in [6, 6.07) is 4.18. The number of hydrogen-bond donors (Lipinski definition) is 4. The molecule has 0 amide bonds. The maximum Gasteiger partial charge on any atom is 0.224 e. The molecular formula is C10H10N4O2S2. The number of benzene rings is 1. The number of nitrogens with zero attached hydrogens (tertiary/aromatic N) is 2. The second-order valence-corrected chi connectivity index (χ2v) is 4.51. The number of aromatic amines is 1. The summed E-state index contributed by atoms with van der Waals surface area (Å²) in [6.45, 7) is 0. The van der Waals surface area contributed by atoms with Crippen LogP contribution in [0.1, 0.15) is 5.56 Å². The second kappa shape index (κ2) is 5.23. The Morgan fingerprint density at radius 3 is 2.83 bits per heavy atom. The van der Waals surface area contributed by atoms with Gasteiger partial charge >= 0.3 is 0 Å². The monoisotopic (exact) mass is 282 g/mol. The average Bonchev–Trinajstić information content (AvgIpc) is 2.76. The van der Waals surface area contributed by atoms with Crippen LogP contribution in [0.4, 0.5) is 5.95 Å². The van der Waals surface area contributed by atoms with Gasteiger partial charge in [0, 0.05) is 6.07 Å². The predicted octanol–water partition coefficient (Wildman–Crippen LogP) is 1.73. The van der Waals surface area contributed by atoms with Gasteiger partial charge in [0.15, 0.2) is 0 Å². The number of aromatic nitrogens is 3. The number of thiocarbonyl (C=S) groups is 1. The first-order valence-corrected chi connectivity index (χ1v) is 6.53. The molecule has 2 aromatic rings. The Labute approximate surface area is 112 Å². The van der Waals surface area contributed by atoms with E-state index in [0.29, 0.717) is 16.7 Å². The minimum absolute atomic E-state index is 0.0246. The van der Waals surface area contributed by atoms with Crippen molar-refractivity contribution in [2.45, 2.75) is 5.16 Å². The molecule has 0 saturated heterocycles. The summed E-state index contributed by atoms with van der Waals surface area (Å²) in [5.41, 5.74) is 0.407. The van der Waals surface area contributed by atoms with Gasteiger partial charge in [-0.1, -0.05) is 24.0 Å². The fourth-order valence-corrected chi connectivity index (χ4v) is 1.87. The topological polar surface area (TPSA) is 94.1 Å². The van der Waals surface area contributed by atoms with E-state index < -0.39 is 0 Å². The van der Waals surface area contributed by atoms with Crippen LogP contribution in [0, 0.1) is 0 Å². The number of aromatic hydroxyl groups is 2. The highest BCUT2D eigenvalue weighted by atomic mass is 32.2. The highest BCUT2D eigenvalue weighted by Gasteiger charge is 2.10. The van der Waals surface area contributed by atoms with Crippen molar-refractivity contribution in [3.05, 3.63) is 23.8 Å². The van der Waals surface area contributed by atoms with Gasteiger partial charge in [0.05, 0.1) is 5.56 Å². The van der Waals surface area contributed by atoms with Crippen LogP contribution in [0.3, 0.4) is 0 Å². The fraction of sp³-hybridized carbons (Fsp3) is 0.100. The van der Waals surface area contributed by atoms with Crippen molar-refractivity contribution in [2.24, 2.45) is 0 Å². The molecule has 0 radical (unpaired) electrons. The molecular weight excluding hydrogens is 272 g/mol. The van der Waals surface area contributed by atoms with Crippen LogP contribution in [0.2, 0.25) is 0 Å². The summed E-state index contributed by atoms with van der Waals surface area (Å²) in [5, 5.41) is 28.9. The number of phenols is 2. The van der Waals surface area contributed by atoms with E-state index >= 15 is 0 Å². The van der Waals surface area contributed by atoms with Crippen LogP contribution >= 0.6 is 24.0 Å². The summed E-state index contributed by atoms with van der Waals surface area (Å²) in [5.74, 6) is 0.275. The molecule has 1 heterocycles. The molecule has 0 aliphatic carbocycles. The van der Waals surface area contributed by atoms with E-state index in [2.05, 4.69) is 20.5 Å². The fourth-order valence-electron chi connectivity index (χ4n) is 1.28. The van der Waals surface area contributed by atoms with Gasteiger partial charge in [-0.15, -0.1) is 5.10 Å². The zero-order chi connectivity index (χ0) is 13.1. The zero-order valence-electron chi connectivity index (χ0n) is 9.34. The molecule has 0 atom stereocenters. The van der Waals surface area contributed by atoms with E-state index in [0.717, 1.165) is 0 Å². The molecule has 1 aromatic heterocycles. The number of H-pyrrole nitrogens is 1. The van der Waals surface area contributed by atoms with Crippen LogP contribution in [0.5, 0.6) is 11.5 Å². The number of rotatable bonds is 3. The van der Waals surface area contributed by atoms with Crippen molar-refractivity contribution in [2.75, 3.05) is 11.6 Å². The van der Waals surface area contributed by atoms with Crippen LogP contribution in [0.15, 0.2) is 23.4 Å². The highest BCUT2D eigenvalue weighted by Crippen LogP contribution is 2.23. The Morgan fingerprint density at radius 1 is 1.44 bits per heavy atom. The van der Waals surface area contributed by atoms with E-state index in [9.17, 15) is 10.2 Å². The van der Waals surface area contributed by atoms with Crippen molar-refractivity contribution in [3.63, 3.8) is 0 Å². The van der Waals surface area contributed by atoms with Gasteiger partial charge in [-0.25, -0.2) is 5.10 Å². The third kappa shape index (κ3) is 2.71. The van der Waals surface area contributed by atoms with Gasteiger partial charge in [0.2, 0.25) is 11.1 Å². The Hall–Kier alpha value is -1.80. The Kier molecular flexibility index (Phi) is 3.68. The first-order chi connectivity index (χ1) is 8.60. The quantitative estimate of drug-likeness (QED) is 0.503. The van der Waals surface area contributed by atoms with Crippen LogP contribution < -0.4 is 5.32 Å². The Morgan fingerprint density at radius 2 is 2.22 bits per heavy atom. The van der Waals surface area contributed by atoms with E-state index in [1.165, 1.54) is 30.0 Å². The molecule has 0 aliphatic rings. The van der Waals surface area contributed by atoms with Crippen molar-refractivity contribution < 1.29 is 10.2 Å². The molecule has 4 N–H and O–H groups in total. The first kappa shape index (κ1) is 12.7. The van der Waals surface area contributed by atoms with E-state index in [1.54, 1.807) is 0 Å².